The second-order valence-corrected chi connectivity index (χ2v) is 8.17. The number of rotatable bonds is 4. The average molecular weight is 345 g/mol. The zero-order chi connectivity index (χ0) is 18.0. The molecule has 0 radical (unpaired) electrons. The first-order valence-corrected chi connectivity index (χ1v) is 9.61. The summed E-state index contributed by atoms with van der Waals surface area (Å²) in [5.74, 6) is 0.708. The minimum absolute atomic E-state index is 0.232. The number of amides is 1. The SMILES string of the molecule is CCN1CCCC[C@@H]1c1ccc(N(C(=O)OC(C)(C)C)C2CC2)nc1. The lowest BCUT2D eigenvalue weighted by molar-refractivity contribution is 0.0576. The van der Waals surface area contributed by atoms with Gasteiger partial charge in [-0.2, -0.15) is 0 Å². The lowest BCUT2D eigenvalue weighted by atomic mass is 9.96. The Morgan fingerprint density at radius 1 is 1.28 bits per heavy atom. The predicted molar refractivity (Wildman–Crippen MR) is 99.8 cm³/mol. The number of aromatic nitrogens is 1. The molecule has 5 heteroatoms. The van der Waals surface area contributed by atoms with E-state index in [0.717, 1.165) is 25.9 Å². The number of anilines is 1. The summed E-state index contributed by atoms with van der Waals surface area (Å²) in [6.07, 6.45) is 7.45. The van der Waals surface area contributed by atoms with Crippen molar-refractivity contribution in [2.24, 2.45) is 0 Å². The van der Waals surface area contributed by atoms with Crippen molar-refractivity contribution < 1.29 is 9.53 Å². The molecule has 2 fully saturated rings. The summed E-state index contributed by atoms with van der Waals surface area (Å²) in [5, 5.41) is 0. The van der Waals surface area contributed by atoms with E-state index in [2.05, 4.69) is 22.9 Å². The molecule has 0 spiro atoms. The Labute approximate surface area is 151 Å². The molecule has 2 heterocycles. The van der Waals surface area contributed by atoms with E-state index >= 15 is 0 Å². The molecule has 0 N–H and O–H groups in total. The van der Waals surface area contributed by atoms with Crippen molar-refractivity contribution in [2.75, 3.05) is 18.0 Å². The number of carbonyl (C=O) groups is 1. The fraction of sp³-hybridized carbons (Fsp3) is 0.700. The number of ether oxygens (including phenoxy) is 1. The van der Waals surface area contributed by atoms with Crippen LogP contribution in [0, 0.1) is 0 Å². The van der Waals surface area contributed by atoms with Crippen LogP contribution in [0.4, 0.5) is 10.6 Å². The summed E-state index contributed by atoms with van der Waals surface area (Å²) in [6.45, 7) is 10.1. The second-order valence-electron chi connectivity index (χ2n) is 8.17. The lowest BCUT2D eigenvalue weighted by Gasteiger charge is -2.35. The van der Waals surface area contributed by atoms with Crippen molar-refractivity contribution in [3.05, 3.63) is 23.9 Å². The third-order valence-corrected chi connectivity index (χ3v) is 4.92. The summed E-state index contributed by atoms with van der Waals surface area (Å²) in [5.41, 5.74) is 0.763. The van der Waals surface area contributed by atoms with Crippen molar-refractivity contribution in [1.82, 2.24) is 9.88 Å². The van der Waals surface area contributed by atoms with E-state index in [0.29, 0.717) is 11.9 Å². The van der Waals surface area contributed by atoms with Gasteiger partial charge in [-0.1, -0.05) is 19.4 Å². The molecule has 1 atom stereocenters. The Morgan fingerprint density at radius 2 is 2.04 bits per heavy atom. The summed E-state index contributed by atoms with van der Waals surface area (Å²) in [4.78, 5) is 21.5. The number of nitrogens with zero attached hydrogens (tertiary/aromatic N) is 3. The summed E-state index contributed by atoms with van der Waals surface area (Å²) < 4.78 is 5.58. The third-order valence-electron chi connectivity index (χ3n) is 4.92. The molecule has 1 saturated carbocycles. The molecule has 0 aromatic carbocycles. The molecule has 1 aromatic heterocycles. The number of likely N-dealkylation sites (tertiary alicyclic amines) is 1. The van der Waals surface area contributed by atoms with Gasteiger partial charge in [0.15, 0.2) is 0 Å². The molecule has 3 rings (SSSR count). The van der Waals surface area contributed by atoms with Gasteiger partial charge in [0.25, 0.3) is 0 Å². The van der Waals surface area contributed by atoms with Crippen molar-refractivity contribution in [3.8, 4) is 0 Å². The Kier molecular flexibility index (Phi) is 5.32. The quantitative estimate of drug-likeness (QED) is 0.804. The first-order valence-electron chi connectivity index (χ1n) is 9.61. The lowest BCUT2D eigenvalue weighted by Crippen LogP contribution is -2.39. The Bertz CT molecular complexity index is 590. The number of hydrogen-bond donors (Lipinski definition) is 0. The van der Waals surface area contributed by atoms with Gasteiger partial charge in [-0.05, 0) is 71.2 Å². The van der Waals surface area contributed by atoms with Crippen LogP contribution < -0.4 is 4.90 Å². The summed E-state index contributed by atoms with van der Waals surface area (Å²) >= 11 is 0. The van der Waals surface area contributed by atoms with E-state index in [1.807, 2.05) is 33.0 Å². The highest BCUT2D eigenvalue weighted by molar-refractivity contribution is 5.88. The maximum atomic E-state index is 12.6. The van der Waals surface area contributed by atoms with Crippen LogP contribution in [0.25, 0.3) is 0 Å². The molecule has 1 amide bonds. The Hall–Kier alpha value is -1.62. The largest absolute Gasteiger partial charge is 0.443 e. The molecule has 5 nitrogen and oxygen atoms in total. The maximum Gasteiger partial charge on any atom is 0.416 e. The fourth-order valence-corrected chi connectivity index (χ4v) is 3.56. The molecule has 1 aliphatic carbocycles. The number of hydrogen-bond acceptors (Lipinski definition) is 4. The first kappa shape index (κ1) is 18.2. The number of pyridine rings is 1. The summed E-state index contributed by atoms with van der Waals surface area (Å²) in [7, 11) is 0. The van der Waals surface area contributed by atoms with Crippen LogP contribution >= 0.6 is 0 Å². The van der Waals surface area contributed by atoms with Crippen LogP contribution in [0.15, 0.2) is 18.3 Å². The molecule has 2 aliphatic rings. The number of carbonyl (C=O) groups excluding carboxylic acids is 1. The van der Waals surface area contributed by atoms with Gasteiger partial charge in [-0.15, -0.1) is 0 Å². The van der Waals surface area contributed by atoms with Crippen molar-refractivity contribution in [2.45, 2.75) is 77.5 Å². The van der Waals surface area contributed by atoms with Crippen LogP contribution in [0.5, 0.6) is 0 Å². The van der Waals surface area contributed by atoms with Crippen LogP contribution in [0.3, 0.4) is 0 Å². The van der Waals surface area contributed by atoms with Crippen LogP contribution in [0.1, 0.15) is 71.4 Å². The van der Waals surface area contributed by atoms with Gasteiger partial charge in [0, 0.05) is 18.3 Å². The van der Waals surface area contributed by atoms with Gasteiger partial charge >= 0.3 is 6.09 Å². The van der Waals surface area contributed by atoms with Gasteiger partial charge in [0.1, 0.15) is 11.4 Å². The Balaban J connectivity index is 1.76. The second kappa shape index (κ2) is 7.32. The van der Waals surface area contributed by atoms with Gasteiger partial charge in [-0.3, -0.25) is 9.80 Å². The van der Waals surface area contributed by atoms with E-state index in [1.165, 1.54) is 24.8 Å². The topological polar surface area (TPSA) is 45.7 Å². The molecule has 1 aliphatic heterocycles. The van der Waals surface area contributed by atoms with E-state index in [4.69, 9.17) is 4.74 Å². The van der Waals surface area contributed by atoms with Gasteiger partial charge < -0.3 is 4.74 Å². The third kappa shape index (κ3) is 4.51. The van der Waals surface area contributed by atoms with E-state index in [-0.39, 0.29) is 12.1 Å². The fourth-order valence-electron chi connectivity index (χ4n) is 3.56. The maximum absolute atomic E-state index is 12.6. The first-order chi connectivity index (χ1) is 11.9. The highest BCUT2D eigenvalue weighted by Gasteiger charge is 2.37. The Morgan fingerprint density at radius 3 is 2.60 bits per heavy atom. The summed E-state index contributed by atoms with van der Waals surface area (Å²) in [6, 6.07) is 4.81. The van der Waals surface area contributed by atoms with Gasteiger partial charge in [0.05, 0.1) is 0 Å². The highest BCUT2D eigenvalue weighted by Crippen LogP contribution is 2.34. The molecule has 0 bridgehead atoms. The molecule has 0 unspecified atom stereocenters. The van der Waals surface area contributed by atoms with Crippen molar-refractivity contribution >= 4 is 11.9 Å². The molecule has 1 saturated heterocycles. The predicted octanol–water partition coefficient (Wildman–Crippen LogP) is 4.53. The van der Waals surface area contributed by atoms with E-state index < -0.39 is 5.60 Å². The normalized spacial score (nSPS) is 21.8. The average Bonchev–Trinajstić information content (AvgIpc) is 3.39. The van der Waals surface area contributed by atoms with Crippen molar-refractivity contribution in [1.29, 1.82) is 0 Å². The van der Waals surface area contributed by atoms with Crippen LogP contribution in [0.2, 0.25) is 0 Å². The monoisotopic (exact) mass is 345 g/mol. The molecular formula is C20H31N3O2. The van der Waals surface area contributed by atoms with E-state index in [9.17, 15) is 4.79 Å². The zero-order valence-electron chi connectivity index (χ0n) is 16.0. The number of piperidine rings is 1. The van der Waals surface area contributed by atoms with Gasteiger partial charge in [-0.25, -0.2) is 9.78 Å². The highest BCUT2D eigenvalue weighted by atomic mass is 16.6. The molecule has 138 valence electrons. The minimum Gasteiger partial charge on any atom is -0.443 e. The van der Waals surface area contributed by atoms with Crippen LogP contribution in [-0.2, 0) is 4.74 Å². The zero-order valence-corrected chi connectivity index (χ0v) is 16.0. The molecule has 25 heavy (non-hydrogen) atoms. The minimum atomic E-state index is -0.492. The van der Waals surface area contributed by atoms with Gasteiger partial charge in [0.2, 0.25) is 0 Å². The molecular weight excluding hydrogens is 314 g/mol. The standard InChI is InChI=1S/C20H31N3O2/c1-5-22-13-7-6-8-17(22)15-9-12-18(21-14-15)23(16-10-11-16)19(24)25-20(2,3)4/h9,12,14,16-17H,5-8,10-11,13H2,1-4H3/t17-/m1/s1. The molecule has 1 aromatic rings. The van der Waals surface area contributed by atoms with Crippen molar-refractivity contribution in [3.63, 3.8) is 0 Å². The van der Waals surface area contributed by atoms with E-state index in [1.54, 1.807) is 4.90 Å². The van der Waals surface area contributed by atoms with Crippen LogP contribution in [-0.4, -0.2) is 40.7 Å². The smallest absolute Gasteiger partial charge is 0.416 e.